The van der Waals surface area contributed by atoms with Crippen molar-refractivity contribution in [2.45, 2.75) is 0 Å². The molecule has 0 bridgehead atoms. The summed E-state index contributed by atoms with van der Waals surface area (Å²) in [7, 11) is 2.02. The molecular formula is C22H24ClFN3O2+. The SMILES string of the molecule is C[N+]1(CC(=O)Nc2ccccc2Cl)CCN(C(=O)/C=C/c2ccc(F)cc2)CC1. The van der Waals surface area contributed by atoms with Gasteiger partial charge < -0.3 is 14.7 Å². The van der Waals surface area contributed by atoms with Gasteiger partial charge in [-0.1, -0.05) is 35.9 Å². The van der Waals surface area contributed by atoms with E-state index in [1.54, 1.807) is 35.2 Å². The molecule has 1 saturated heterocycles. The van der Waals surface area contributed by atoms with E-state index in [0.29, 0.717) is 47.9 Å². The molecule has 7 heteroatoms. The molecule has 152 valence electrons. The second-order valence-electron chi connectivity index (χ2n) is 7.46. The summed E-state index contributed by atoms with van der Waals surface area (Å²) < 4.78 is 13.5. The van der Waals surface area contributed by atoms with Crippen molar-refractivity contribution in [3.8, 4) is 0 Å². The van der Waals surface area contributed by atoms with Crippen LogP contribution in [0.4, 0.5) is 10.1 Å². The maximum Gasteiger partial charge on any atom is 0.279 e. The number of likely N-dealkylation sites (N-methyl/N-ethyl adjacent to an activating group) is 1. The first-order valence-electron chi connectivity index (χ1n) is 9.45. The number of carbonyl (C=O) groups excluding carboxylic acids is 2. The molecule has 0 aromatic heterocycles. The van der Waals surface area contributed by atoms with Crippen LogP contribution in [0.15, 0.2) is 54.6 Å². The van der Waals surface area contributed by atoms with Crippen molar-refractivity contribution >= 4 is 35.2 Å². The zero-order chi connectivity index (χ0) is 20.9. The number of rotatable bonds is 5. The van der Waals surface area contributed by atoms with Gasteiger partial charge in [0.1, 0.15) is 5.82 Å². The second kappa shape index (κ2) is 9.20. The summed E-state index contributed by atoms with van der Waals surface area (Å²) in [5.41, 5.74) is 1.37. The Morgan fingerprint density at radius 1 is 1.14 bits per heavy atom. The number of piperazine rings is 1. The summed E-state index contributed by atoms with van der Waals surface area (Å²) in [5, 5.41) is 3.36. The average molecular weight is 417 g/mol. The molecule has 29 heavy (non-hydrogen) atoms. The van der Waals surface area contributed by atoms with Crippen molar-refractivity contribution in [1.29, 1.82) is 0 Å². The van der Waals surface area contributed by atoms with E-state index in [-0.39, 0.29) is 17.6 Å². The number of para-hydroxylation sites is 1. The molecule has 1 heterocycles. The van der Waals surface area contributed by atoms with E-state index >= 15 is 0 Å². The molecule has 2 amide bonds. The van der Waals surface area contributed by atoms with Crippen LogP contribution in [0.2, 0.25) is 5.02 Å². The van der Waals surface area contributed by atoms with E-state index in [1.165, 1.54) is 18.2 Å². The number of quaternary nitrogens is 1. The second-order valence-corrected chi connectivity index (χ2v) is 7.87. The van der Waals surface area contributed by atoms with E-state index in [2.05, 4.69) is 5.32 Å². The molecule has 2 aromatic rings. The number of nitrogens with one attached hydrogen (secondary N) is 1. The largest absolute Gasteiger partial charge is 0.328 e. The van der Waals surface area contributed by atoms with Gasteiger partial charge in [0.2, 0.25) is 5.91 Å². The highest BCUT2D eigenvalue weighted by Gasteiger charge is 2.32. The van der Waals surface area contributed by atoms with Crippen LogP contribution in [0.3, 0.4) is 0 Å². The molecule has 0 saturated carbocycles. The Kier molecular flexibility index (Phi) is 6.67. The van der Waals surface area contributed by atoms with E-state index in [1.807, 2.05) is 19.2 Å². The maximum atomic E-state index is 12.9. The third-order valence-corrected chi connectivity index (χ3v) is 5.42. The van der Waals surface area contributed by atoms with Crippen LogP contribution in [-0.4, -0.2) is 61.0 Å². The van der Waals surface area contributed by atoms with Crippen molar-refractivity contribution in [2.24, 2.45) is 0 Å². The molecule has 1 aliphatic rings. The predicted octanol–water partition coefficient (Wildman–Crippen LogP) is 3.42. The number of anilines is 1. The molecular weight excluding hydrogens is 393 g/mol. The van der Waals surface area contributed by atoms with E-state index in [0.717, 1.165) is 5.56 Å². The first-order valence-corrected chi connectivity index (χ1v) is 9.83. The summed E-state index contributed by atoms with van der Waals surface area (Å²) in [5.74, 6) is -0.488. The zero-order valence-corrected chi connectivity index (χ0v) is 17.0. The van der Waals surface area contributed by atoms with Crippen molar-refractivity contribution in [2.75, 3.05) is 45.1 Å². The van der Waals surface area contributed by atoms with E-state index in [9.17, 15) is 14.0 Å². The molecule has 2 aromatic carbocycles. The predicted molar refractivity (Wildman–Crippen MR) is 113 cm³/mol. The van der Waals surface area contributed by atoms with Crippen molar-refractivity contribution in [3.63, 3.8) is 0 Å². The van der Waals surface area contributed by atoms with Gasteiger partial charge in [0, 0.05) is 6.08 Å². The van der Waals surface area contributed by atoms with Gasteiger partial charge in [0.05, 0.1) is 43.9 Å². The van der Waals surface area contributed by atoms with Gasteiger partial charge in [0.25, 0.3) is 5.91 Å². The monoisotopic (exact) mass is 416 g/mol. The molecule has 1 aliphatic heterocycles. The first kappa shape index (κ1) is 21.0. The maximum absolute atomic E-state index is 12.9. The lowest BCUT2D eigenvalue weighted by Crippen LogP contribution is -2.60. The Bertz CT molecular complexity index is 907. The third kappa shape index (κ3) is 5.89. The highest BCUT2D eigenvalue weighted by Crippen LogP contribution is 2.21. The van der Waals surface area contributed by atoms with Gasteiger partial charge >= 0.3 is 0 Å². The van der Waals surface area contributed by atoms with Crippen molar-refractivity contribution in [3.05, 3.63) is 71.0 Å². The van der Waals surface area contributed by atoms with Crippen molar-refractivity contribution < 1.29 is 18.5 Å². The molecule has 0 atom stereocenters. The molecule has 3 rings (SSSR count). The quantitative estimate of drug-likeness (QED) is 0.599. The highest BCUT2D eigenvalue weighted by molar-refractivity contribution is 6.33. The average Bonchev–Trinajstić information content (AvgIpc) is 2.69. The van der Waals surface area contributed by atoms with Crippen LogP contribution >= 0.6 is 11.6 Å². The summed E-state index contributed by atoms with van der Waals surface area (Å²) >= 11 is 6.09. The van der Waals surface area contributed by atoms with Crippen LogP contribution in [0, 0.1) is 5.82 Å². The Morgan fingerprint density at radius 3 is 2.45 bits per heavy atom. The molecule has 0 spiro atoms. The Hall–Kier alpha value is -2.70. The lowest BCUT2D eigenvalue weighted by molar-refractivity contribution is -0.905. The number of benzene rings is 2. The van der Waals surface area contributed by atoms with Crippen LogP contribution in [0.25, 0.3) is 6.08 Å². The highest BCUT2D eigenvalue weighted by atomic mass is 35.5. The van der Waals surface area contributed by atoms with Crippen LogP contribution in [0.1, 0.15) is 5.56 Å². The Labute approximate surface area is 175 Å². The lowest BCUT2D eigenvalue weighted by atomic mass is 10.2. The zero-order valence-electron chi connectivity index (χ0n) is 16.3. The number of carbonyl (C=O) groups is 2. The van der Waals surface area contributed by atoms with Gasteiger partial charge in [-0.05, 0) is 35.9 Å². The van der Waals surface area contributed by atoms with Crippen molar-refractivity contribution in [1.82, 2.24) is 4.90 Å². The Balaban J connectivity index is 1.50. The smallest absolute Gasteiger partial charge is 0.279 e. The standard InChI is InChI=1S/C22H23ClFN3O2/c1-27(16-21(28)25-20-5-3-2-4-19(20)23)14-12-26(13-15-27)22(29)11-8-17-6-9-18(24)10-7-17/h2-11H,12-16H2,1H3/p+1/b11-8+. The summed E-state index contributed by atoms with van der Waals surface area (Å²) in [4.78, 5) is 26.6. The molecule has 5 nitrogen and oxygen atoms in total. The van der Waals surface area contributed by atoms with Gasteiger partial charge in [-0.25, -0.2) is 4.39 Å². The Morgan fingerprint density at radius 2 is 1.79 bits per heavy atom. The molecule has 1 fully saturated rings. The van der Waals surface area contributed by atoms with Gasteiger partial charge in [-0.2, -0.15) is 0 Å². The van der Waals surface area contributed by atoms with Crippen LogP contribution in [-0.2, 0) is 9.59 Å². The first-order chi connectivity index (χ1) is 13.8. The molecule has 1 N–H and O–H groups in total. The van der Waals surface area contributed by atoms with Crippen LogP contribution in [0.5, 0.6) is 0 Å². The third-order valence-electron chi connectivity index (χ3n) is 5.09. The normalized spacial score (nSPS) is 16.0. The fourth-order valence-corrected chi connectivity index (χ4v) is 3.46. The number of halogens is 2. The molecule has 0 aliphatic carbocycles. The summed E-state index contributed by atoms with van der Waals surface area (Å²) in [6, 6.07) is 13.1. The number of amides is 2. The fraction of sp³-hybridized carbons (Fsp3) is 0.273. The molecule has 0 radical (unpaired) electrons. The summed E-state index contributed by atoms with van der Waals surface area (Å²) in [6.07, 6.45) is 3.19. The molecule has 0 unspecified atom stereocenters. The van der Waals surface area contributed by atoms with Gasteiger partial charge in [0.15, 0.2) is 6.54 Å². The minimum atomic E-state index is -0.305. The minimum Gasteiger partial charge on any atom is -0.328 e. The number of hydrogen-bond acceptors (Lipinski definition) is 2. The summed E-state index contributed by atoms with van der Waals surface area (Å²) in [6.45, 7) is 2.84. The van der Waals surface area contributed by atoms with Crippen LogP contribution < -0.4 is 5.32 Å². The lowest BCUT2D eigenvalue weighted by Gasteiger charge is -2.41. The minimum absolute atomic E-state index is 0.0823. The van der Waals surface area contributed by atoms with Gasteiger partial charge in [-0.15, -0.1) is 0 Å². The number of hydrogen-bond donors (Lipinski definition) is 1. The van der Waals surface area contributed by atoms with E-state index in [4.69, 9.17) is 11.6 Å². The van der Waals surface area contributed by atoms with E-state index < -0.39 is 0 Å². The fourth-order valence-electron chi connectivity index (χ4n) is 3.27. The topological polar surface area (TPSA) is 49.4 Å². The van der Waals surface area contributed by atoms with Gasteiger partial charge in [-0.3, -0.25) is 9.59 Å². The number of nitrogens with zero attached hydrogens (tertiary/aromatic N) is 2.